The number of urea groups is 1. The van der Waals surface area contributed by atoms with Crippen molar-refractivity contribution in [2.75, 3.05) is 18.6 Å². The van der Waals surface area contributed by atoms with Crippen LogP contribution in [0.2, 0.25) is 0 Å². The van der Waals surface area contributed by atoms with E-state index in [2.05, 4.69) is 20.8 Å². The summed E-state index contributed by atoms with van der Waals surface area (Å²) in [4.78, 5) is 22.7. The van der Waals surface area contributed by atoms with E-state index in [0.717, 1.165) is 11.5 Å². The number of nitrogens with one attached hydrogen (secondary N) is 2. The fourth-order valence-corrected chi connectivity index (χ4v) is 2.68. The summed E-state index contributed by atoms with van der Waals surface area (Å²) in [6.07, 6.45) is 5.43. The van der Waals surface area contributed by atoms with Crippen molar-refractivity contribution in [3.8, 4) is 0 Å². The molecule has 8 nitrogen and oxygen atoms in total. The number of thioether (sulfide) groups is 1. The third kappa shape index (κ3) is 7.23. The van der Waals surface area contributed by atoms with Gasteiger partial charge in [-0.25, -0.2) is 4.79 Å². The predicted molar refractivity (Wildman–Crippen MR) is 89.6 cm³/mol. The number of hydrogen-bond donors (Lipinski definition) is 2. The summed E-state index contributed by atoms with van der Waals surface area (Å²) in [5.41, 5.74) is 0.781. The number of carboxylic acids is 1. The monoisotopic (exact) mass is 389 g/mol. The number of rotatable bonds is 9. The summed E-state index contributed by atoms with van der Waals surface area (Å²) < 4.78 is 1.90. The van der Waals surface area contributed by atoms with E-state index in [9.17, 15) is 14.7 Å². The minimum absolute atomic E-state index is 0. The Balaban J connectivity index is 0.00000312. The van der Waals surface area contributed by atoms with Crippen molar-refractivity contribution in [2.24, 2.45) is 0 Å². The number of aliphatic carboxylic acids is 1. The van der Waals surface area contributed by atoms with Crippen LogP contribution in [0.3, 0.4) is 0 Å². The summed E-state index contributed by atoms with van der Waals surface area (Å²) in [6.45, 7) is 0.413. The summed E-state index contributed by atoms with van der Waals surface area (Å²) in [5.74, 6) is 0.188. The minimum atomic E-state index is -1.27. The maximum absolute atomic E-state index is 11.7. The van der Waals surface area contributed by atoms with Gasteiger partial charge in [0, 0.05) is 19.2 Å². The molecule has 10 heteroatoms. The largest absolute Gasteiger partial charge is 1.00 e. The average molecular weight is 390 g/mol. The molecular formula is C15H20KN5O3S. The summed E-state index contributed by atoms with van der Waals surface area (Å²) in [7, 11) is 0. The third-order valence-corrected chi connectivity index (χ3v) is 4.09. The van der Waals surface area contributed by atoms with Gasteiger partial charge in [-0.2, -0.15) is 11.8 Å². The Morgan fingerprint density at radius 1 is 1.36 bits per heavy atom. The average Bonchev–Trinajstić information content (AvgIpc) is 2.98. The quantitative estimate of drug-likeness (QED) is 0.346. The van der Waals surface area contributed by atoms with Crippen LogP contribution in [-0.4, -0.2) is 51.2 Å². The molecule has 25 heavy (non-hydrogen) atoms. The van der Waals surface area contributed by atoms with Crippen LogP contribution in [0.15, 0.2) is 24.4 Å². The molecule has 2 heterocycles. The van der Waals surface area contributed by atoms with Gasteiger partial charge in [0.25, 0.3) is 0 Å². The van der Waals surface area contributed by atoms with Crippen LogP contribution < -0.4 is 67.1 Å². The fourth-order valence-electron chi connectivity index (χ4n) is 2.20. The second kappa shape index (κ2) is 11.9. The van der Waals surface area contributed by atoms with Crippen molar-refractivity contribution in [1.82, 2.24) is 25.2 Å². The van der Waals surface area contributed by atoms with E-state index in [1.807, 2.05) is 35.1 Å². The van der Waals surface area contributed by atoms with Gasteiger partial charge >= 0.3 is 57.4 Å². The Morgan fingerprint density at radius 3 is 2.88 bits per heavy atom. The Bertz CT molecular complexity index is 697. The molecule has 0 aliphatic heterocycles. The van der Waals surface area contributed by atoms with Crippen molar-refractivity contribution in [2.45, 2.75) is 25.3 Å². The van der Waals surface area contributed by atoms with Crippen LogP contribution in [-0.2, 0) is 11.2 Å². The van der Waals surface area contributed by atoms with Crippen molar-refractivity contribution >= 4 is 29.4 Å². The molecule has 0 aliphatic carbocycles. The number of carbonyl (C=O) groups excluding carboxylic acids is 2. The van der Waals surface area contributed by atoms with Crippen molar-refractivity contribution in [1.29, 1.82) is 0 Å². The molecule has 130 valence electrons. The standard InChI is InChI=1S/C15H21N5O3S.K/c1-24-10-7-11(14(21)22)17-15(23)16-8-4-6-13-19-18-12-5-2-3-9-20(12)13;/h2-3,5,9,11H,4,6-8,10H2,1H3,(H,21,22)(H2,16,17,23);/q;+1/p-1/t11-;/m0./s1. The number of aryl methyl sites for hydroxylation is 1. The Kier molecular flexibility index (Phi) is 10.6. The first kappa shape index (κ1) is 22.4. The van der Waals surface area contributed by atoms with Crippen LogP contribution >= 0.6 is 11.8 Å². The zero-order valence-corrected chi connectivity index (χ0v) is 18.3. The van der Waals surface area contributed by atoms with E-state index in [1.54, 1.807) is 0 Å². The van der Waals surface area contributed by atoms with E-state index in [4.69, 9.17) is 0 Å². The van der Waals surface area contributed by atoms with Crippen LogP contribution in [0.5, 0.6) is 0 Å². The van der Waals surface area contributed by atoms with Gasteiger partial charge in [-0.05, 0) is 37.0 Å². The van der Waals surface area contributed by atoms with Crippen LogP contribution in [0.25, 0.3) is 5.65 Å². The van der Waals surface area contributed by atoms with Gasteiger partial charge in [0.2, 0.25) is 0 Å². The molecule has 0 spiro atoms. The molecule has 2 N–H and O–H groups in total. The molecule has 0 saturated heterocycles. The SMILES string of the molecule is CSCC[C@H](NC(=O)NCCCc1nnc2ccccn12)C(=O)[O-].[K+]. The van der Waals surface area contributed by atoms with Gasteiger partial charge in [-0.15, -0.1) is 10.2 Å². The molecule has 0 bridgehead atoms. The van der Waals surface area contributed by atoms with Gasteiger partial charge in [-0.1, -0.05) is 6.07 Å². The van der Waals surface area contributed by atoms with Gasteiger partial charge < -0.3 is 20.5 Å². The smallest absolute Gasteiger partial charge is 0.548 e. The first-order valence-corrected chi connectivity index (χ1v) is 9.04. The number of carboxylic acid groups (broad SMARTS) is 1. The number of fused-ring (bicyclic) bond motifs is 1. The second-order valence-electron chi connectivity index (χ2n) is 5.20. The first-order valence-electron chi connectivity index (χ1n) is 7.64. The zero-order chi connectivity index (χ0) is 17.4. The molecule has 2 aromatic rings. The van der Waals surface area contributed by atoms with Crippen molar-refractivity contribution in [3.63, 3.8) is 0 Å². The second-order valence-corrected chi connectivity index (χ2v) is 6.19. The first-order chi connectivity index (χ1) is 11.6. The van der Waals surface area contributed by atoms with Gasteiger partial charge in [0.05, 0.1) is 12.0 Å². The molecule has 0 fully saturated rings. The number of carbonyl (C=O) groups is 2. The molecule has 1 atom stereocenters. The fraction of sp³-hybridized carbons (Fsp3) is 0.467. The number of amides is 2. The third-order valence-electron chi connectivity index (χ3n) is 3.45. The topological polar surface area (TPSA) is 111 Å². The molecule has 0 unspecified atom stereocenters. The van der Waals surface area contributed by atoms with E-state index >= 15 is 0 Å². The van der Waals surface area contributed by atoms with Crippen LogP contribution in [0.1, 0.15) is 18.7 Å². The van der Waals surface area contributed by atoms with E-state index in [0.29, 0.717) is 31.6 Å². The van der Waals surface area contributed by atoms with E-state index in [-0.39, 0.29) is 51.4 Å². The molecule has 2 aromatic heterocycles. The van der Waals surface area contributed by atoms with Crippen LogP contribution in [0, 0.1) is 0 Å². The Hall–Kier alpha value is -0.654. The van der Waals surface area contributed by atoms with E-state index < -0.39 is 18.0 Å². The normalized spacial score (nSPS) is 11.6. The van der Waals surface area contributed by atoms with Crippen LogP contribution in [0.4, 0.5) is 4.79 Å². The molecular weight excluding hydrogens is 369 g/mol. The molecule has 0 saturated carbocycles. The Morgan fingerprint density at radius 2 is 2.16 bits per heavy atom. The van der Waals surface area contributed by atoms with Crippen molar-refractivity contribution < 1.29 is 66.1 Å². The zero-order valence-electron chi connectivity index (χ0n) is 14.4. The number of pyridine rings is 1. The summed E-state index contributed by atoms with van der Waals surface area (Å²) in [6, 6.07) is 4.19. The van der Waals surface area contributed by atoms with Gasteiger partial charge in [0.1, 0.15) is 5.82 Å². The van der Waals surface area contributed by atoms with Crippen molar-refractivity contribution in [3.05, 3.63) is 30.2 Å². The number of hydrogen-bond acceptors (Lipinski definition) is 6. The van der Waals surface area contributed by atoms with E-state index in [1.165, 1.54) is 11.8 Å². The molecule has 0 aliphatic rings. The van der Waals surface area contributed by atoms with Gasteiger partial charge in [-0.3, -0.25) is 4.40 Å². The number of aromatic nitrogens is 3. The summed E-state index contributed by atoms with van der Waals surface area (Å²) >= 11 is 1.52. The maximum atomic E-state index is 11.7. The molecule has 2 rings (SSSR count). The Labute approximate surface area is 193 Å². The molecule has 0 radical (unpaired) electrons. The number of nitrogens with zero attached hydrogens (tertiary/aromatic N) is 3. The molecule has 0 aromatic carbocycles. The van der Waals surface area contributed by atoms with Gasteiger partial charge in [0.15, 0.2) is 5.65 Å². The summed E-state index contributed by atoms with van der Waals surface area (Å²) in [5, 5.41) is 24.2. The molecule has 2 amide bonds. The minimum Gasteiger partial charge on any atom is -0.548 e. The predicted octanol–water partition coefficient (Wildman–Crippen LogP) is -3.16. The maximum Gasteiger partial charge on any atom is 1.00 e.